The Morgan fingerprint density at radius 1 is 0.778 bits per heavy atom. The number of unbranched alkanes of at least 4 members (excludes halogenated alkanes) is 4. The van der Waals surface area contributed by atoms with E-state index in [9.17, 15) is 9.59 Å². The number of hydroxylamine groups is 2. The van der Waals surface area contributed by atoms with Crippen LogP contribution >= 0.6 is 0 Å². The first kappa shape index (κ1) is 16.9. The predicted octanol–water partition coefficient (Wildman–Crippen LogP) is 1.46. The summed E-state index contributed by atoms with van der Waals surface area (Å²) in [7, 11) is 0. The minimum Gasteiger partial charge on any atom is -0.362 e. The van der Waals surface area contributed by atoms with Crippen molar-refractivity contribution in [2.24, 2.45) is 0 Å². The van der Waals surface area contributed by atoms with Crippen LogP contribution in [-0.2, 0) is 19.3 Å². The number of rotatable bonds is 10. The van der Waals surface area contributed by atoms with E-state index in [1.54, 1.807) is 0 Å². The maximum atomic E-state index is 11.1. The molecule has 0 heterocycles. The first-order valence-corrected chi connectivity index (χ1v) is 6.60. The highest BCUT2D eigenvalue weighted by atomic mass is 16.7. The molecule has 2 N–H and O–H groups in total. The lowest BCUT2D eigenvalue weighted by atomic mass is 10.3. The monoisotopic (exact) mass is 260 g/mol. The molecule has 0 aliphatic carbocycles. The molecule has 0 aliphatic rings. The van der Waals surface area contributed by atoms with Crippen LogP contribution in [0.3, 0.4) is 0 Å². The summed E-state index contributed by atoms with van der Waals surface area (Å²) in [5.41, 5.74) is 4.87. The van der Waals surface area contributed by atoms with Gasteiger partial charge in [-0.15, -0.1) is 0 Å². The third kappa shape index (κ3) is 10.0. The Kier molecular flexibility index (Phi) is 11.5. The Morgan fingerprint density at radius 2 is 1.17 bits per heavy atom. The highest BCUT2D eigenvalue weighted by Crippen LogP contribution is 1.92. The Bertz CT molecular complexity index is 210. The molecule has 6 nitrogen and oxygen atoms in total. The highest BCUT2D eigenvalue weighted by molar-refractivity contribution is 6.29. The molecule has 0 fully saturated rings. The number of carbonyl (C=O) groups excluding carboxylic acids is 2. The summed E-state index contributed by atoms with van der Waals surface area (Å²) >= 11 is 0. The molecule has 106 valence electrons. The second-order valence-corrected chi connectivity index (χ2v) is 3.98. The van der Waals surface area contributed by atoms with Crippen LogP contribution in [0, 0.1) is 0 Å². The average Bonchev–Trinajstić information content (AvgIpc) is 2.37. The second-order valence-electron chi connectivity index (χ2n) is 3.98. The van der Waals surface area contributed by atoms with Gasteiger partial charge in [0.05, 0.1) is 0 Å². The van der Waals surface area contributed by atoms with Crippen molar-refractivity contribution in [1.29, 1.82) is 0 Å². The summed E-state index contributed by atoms with van der Waals surface area (Å²) in [4.78, 5) is 31.2. The fraction of sp³-hybridized carbons (Fsp3) is 0.833. The molecule has 0 rings (SSSR count). The van der Waals surface area contributed by atoms with Crippen LogP contribution < -0.4 is 11.0 Å². The molecule has 0 saturated heterocycles. The van der Waals surface area contributed by atoms with Gasteiger partial charge in [-0.05, 0) is 12.8 Å². The standard InChI is InChI=1S/C12H24N2O4/c1-3-5-7-9-13-17-11(15)12(16)18-14-10-8-6-4-2/h13-14H,3-10H2,1-2H3. The lowest BCUT2D eigenvalue weighted by Crippen LogP contribution is -2.32. The summed E-state index contributed by atoms with van der Waals surface area (Å²) in [6, 6.07) is 0. The van der Waals surface area contributed by atoms with Crippen molar-refractivity contribution in [2.45, 2.75) is 52.4 Å². The Balaban J connectivity index is 3.43. The maximum absolute atomic E-state index is 11.1. The normalized spacial score (nSPS) is 10.1. The molecule has 0 radical (unpaired) electrons. The molecule has 0 bridgehead atoms. The van der Waals surface area contributed by atoms with Crippen molar-refractivity contribution in [1.82, 2.24) is 11.0 Å². The van der Waals surface area contributed by atoms with Gasteiger partial charge in [0.25, 0.3) is 0 Å². The smallest absolute Gasteiger partial charge is 0.362 e. The van der Waals surface area contributed by atoms with E-state index in [1.807, 2.05) is 0 Å². The van der Waals surface area contributed by atoms with Crippen LogP contribution in [0.2, 0.25) is 0 Å². The van der Waals surface area contributed by atoms with Crippen LogP contribution in [-0.4, -0.2) is 25.0 Å². The van der Waals surface area contributed by atoms with Crippen molar-refractivity contribution in [2.75, 3.05) is 13.1 Å². The van der Waals surface area contributed by atoms with Crippen LogP contribution in [0.25, 0.3) is 0 Å². The molecule has 0 aromatic rings. The van der Waals surface area contributed by atoms with Gasteiger partial charge in [-0.1, -0.05) is 39.5 Å². The minimum atomic E-state index is -1.03. The first-order valence-electron chi connectivity index (χ1n) is 6.60. The van der Waals surface area contributed by atoms with Gasteiger partial charge in [0.15, 0.2) is 0 Å². The first-order chi connectivity index (χ1) is 8.72. The molecule has 0 aromatic heterocycles. The molecule has 0 aliphatic heterocycles. The van der Waals surface area contributed by atoms with Crippen molar-refractivity contribution >= 4 is 11.9 Å². The van der Waals surface area contributed by atoms with E-state index in [4.69, 9.17) is 0 Å². The maximum Gasteiger partial charge on any atom is 0.437 e. The van der Waals surface area contributed by atoms with Crippen LogP contribution in [0.5, 0.6) is 0 Å². The summed E-state index contributed by atoms with van der Waals surface area (Å²) in [5.74, 6) is -2.07. The van der Waals surface area contributed by atoms with E-state index in [2.05, 4.69) is 34.5 Å². The van der Waals surface area contributed by atoms with Gasteiger partial charge >= 0.3 is 11.9 Å². The molecule has 18 heavy (non-hydrogen) atoms. The van der Waals surface area contributed by atoms with E-state index in [0.29, 0.717) is 13.1 Å². The number of nitrogens with one attached hydrogen (secondary N) is 2. The minimum absolute atomic E-state index is 0.538. The molecule has 6 heteroatoms. The molecule has 0 spiro atoms. The zero-order chi connectivity index (χ0) is 13.6. The van der Waals surface area contributed by atoms with E-state index in [0.717, 1.165) is 38.5 Å². The largest absolute Gasteiger partial charge is 0.437 e. The van der Waals surface area contributed by atoms with E-state index in [1.165, 1.54) is 0 Å². The van der Waals surface area contributed by atoms with Gasteiger partial charge in [-0.25, -0.2) is 9.59 Å². The Labute approximate surface area is 108 Å². The van der Waals surface area contributed by atoms with E-state index in [-0.39, 0.29) is 0 Å². The molecule has 0 atom stereocenters. The van der Waals surface area contributed by atoms with Crippen molar-refractivity contribution < 1.29 is 19.3 Å². The van der Waals surface area contributed by atoms with Crippen LogP contribution in [0.1, 0.15) is 52.4 Å². The third-order valence-corrected chi connectivity index (χ3v) is 2.26. The van der Waals surface area contributed by atoms with E-state index >= 15 is 0 Å². The van der Waals surface area contributed by atoms with Crippen molar-refractivity contribution in [3.05, 3.63) is 0 Å². The average molecular weight is 260 g/mol. The van der Waals surface area contributed by atoms with Crippen LogP contribution in [0.15, 0.2) is 0 Å². The summed E-state index contributed by atoms with van der Waals surface area (Å²) < 4.78 is 0. The summed E-state index contributed by atoms with van der Waals surface area (Å²) in [6.45, 7) is 5.23. The van der Waals surface area contributed by atoms with Crippen molar-refractivity contribution in [3.8, 4) is 0 Å². The van der Waals surface area contributed by atoms with Crippen LogP contribution in [0.4, 0.5) is 0 Å². The summed E-state index contributed by atoms with van der Waals surface area (Å²) in [5, 5.41) is 0. The van der Waals surface area contributed by atoms with Crippen molar-refractivity contribution in [3.63, 3.8) is 0 Å². The number of carbonyl (C=O) groups is 2. The number of hydrogen-bond donors (Lipinski definition) is 2. The molecule has 0 saturated carbocycles. The second kappa shape index (κ2) is 12.3. The van der Waals surface area contributed by atoms with Gasteiger partial charge in [-0.3, -0.25) is 0 Å². The third-order valence-electron chi connectivity index (χ3n) is 2.26. The lowest BCUT2D eigenvalue weighted by molar-refractivity contribution is -0.176. The van der Waals surface area contributed by atoms with Gasteiger partial charge < -0.3 is 9.68 Å². The quantitative estimate of drug-likeness (QED) is 0.352. The van der Waals surface area contributed by atoms with Gasteiger partial charge in [-0.2, -0.15) is 11.0 Å². The topological polar surface area (TPSA) is 76.7 Å². The zero-order valence-electron chi connectivity index (χ0n) is 11.3. The molecule has 0 amide bonds. The molecule has 0 unspecified atom stereocenters. The Hall–Kier alpha value is -1.14. The Morgan fingerprint density at radius 3 is 1.50 bits per heavy atom. The van der Waals surface area contributed by atoms with E-state index < -0.39 is 11.9 Å². The SMILES string of the molecule is CCCCCNOC(=O)C(=O)ONCCCCC. The van der Waals surface area contributed by atoms with Gasteiger partial charge in [0.2, 0.25) is 0 Å². The summed E-state index contributed by atoms with van der Waals surface area (Å²) in [6.07, 6.45) is 6.06. The van der Waals surface area contributed by atoms with Gasteiger partial charge in [0.1, 0.15) is 0 Å². The zero-order valence-corrected chi connectivity index (χ0v) is 11.3. The molecular weight excluding hydrogens is 236 g/mol. The molecular formula is C12H24N2O4. The number of hydrogen-bond acceptors (Lipinski definition) is 6. The highest BCUT2D eigenvalue weighted by Gasteiger charge is 2.17. The fourth-order valence-corrected chi connectivity index (χ4v) is 1.21. The molecule has 0 aromatic carbocycles. The lowest BCUT2D eigenvalue weighted by Gasteiger charge is -2.06. The fourth-order valence-electron chi connectivity index (χ4n) is 1.21. The predicted molar refractivity (Wildman–Crippen MR) is 67.2 cm³/mol. The van der Waals surface area contributed by atoms with Gasteiger partial charge in [0, 0.05) is 13.1 Å².